The van der Waals surface area contributed by atoms with Gasteiger partial charge in [0, 0.05) is 18.2 Å². The molecular formula is C13H17NO2. The Morgan fingerprint density at radius 2 is 2.31 bits per heavy atom. The van der Waals surface area contributed by atoms with E-state index in [4.69, 9.17) is 9.84 Å². The zero-order valence-corrected chi connectivity index (χ0v) is 9.73. The first-order valence-corrected chi connectivity index (χ1v) is 5.47. The quantitative estimate of drug-likeness (QED) is 0.787. The molecule has 1 atom stereocenters. The van der Waals surface area contributed by atoms with E-state index >= 15 is 0 Å². The van der Waals surface area contributed by atoms with Crippen molar-refractivity contribution in [2.45, 2.75) is 32.8 Å². The molecule has 1 aromatic heterocycles. The standard InChI is InChI=1S/C13H17NO2/c1-3-11(2)16-13-8-12(9-14-10-13)6-4-5-7-15/h8-11,15H,3,5,7H2,1-2H3. The number of rotatable bonds is 4. The van der Waals surface area contributed by atoms with Crippen LogP contribution in [-0.4, -0.2) is 22.8 Å². The molecule has 0 aliphatic rings. The first-order valence-electron chi connectivity index (χ1n) is 5.47. The summed E-state index contributed by atoms with van der Waals surface area (Å²) < 4.78 is 5.63. The fraction of sp³-hybridized carbons (Fsp3) is 0.462. The number of aliphatic hydroxyl groups excluding tert-OH is 1. The van der Waals surface area contributed by atoms with Gasteiger partial charge in [-0.05, 0) is 19.4 Å². The predicted octanol–water partition coefficient (Wildman–Crippen LogP) is 1.99. The Morgan fingerprint density at radius 3 is 3.00 bits per heavy atom. The Kier molecular flexibility index (Phi) is 5.38. The summed E-state index contributed by atoms with van der Waals surface area (Å²) in [5, 5.41) is 8.61. The van der Waals surface area contributed by atoms with E-state index in [0.29, 0.717) is 6.42 Å². The van der Waals surface area contributed by atoms with E-state index in [9.17, 15) is 0 Å². The van der Waals surface area contributed by atoms with Crippen molar-refractivity contribution in [3.63, 3.8) is 0 Å². The van der Waals surface area contributed by atoms with Crippen LogP contribution >= 0.6 is 0 Å². The lowest BCUT2D eigenvalue weighted by Gasteiger charge is -2.11. The van der Waals surface area contributed by atoms with Gasteiger partial charge in [0.1, 0.15) is 5.75 Å². The number of aliphatic hydroxyl groups is 1. The molecule has 0 fully saturated rings. The number of hydrogen-bond acceptors (Lipinski definition) is 3. The lowest BCUT2D eigenvalue weighted by molar-refractivity contribution is 0.216. The van der Waals surface area contributed by atoms with Gasteiger partial charge in [-0.2, -0.15) is 0 Å². The molecular weight excluding hydrogens is 202 g/mol. The highest BCUT2D eigenvalue weighted by molar-refractivity contribution is 5.36. The molecule has 0 amide bonds. The maximum atomic E-state index is 8.61. The highest BCUT2D eigenvalue weighted by Crippen LogP contribution is 2.13. The van der Waals surface area contributed by atoms with Gasteiger partial charge in [-0.15, -0.1) is 0 Å². The smallest absolute Gasteiger partial charge is 0.139 e. The third-order valence-electron chi connectivity index (χ3n) is 2.09. The van der Waals surface area contributed by atoms with Gasteiger partial charge in [-0.1, -0.05) is 18.8 Å². The topological polar surface area (TPSA) is 42.4 Å². The van der Waals surface area contributed by atoms with Crippen LogP contribution in [0.2, 0.25) is 0 Å². The Bertz CT molecular complexity index is 379. The van der Waals surface area contributed by atoms with Crippen LogP contribution in [0.25, 0.3) is 0 Å². The molecule has 0 aromatic carbocycles. The summed E-state index contributed by atoms with van der Waals surface area (Å²) in [6.45, 7) is 4.18. The normalized spacial score (nSPS) is 11.4. The van der Waals surface area contributed by atoms with Crippen LogP contribution in [0.1, 0.15) is 32.3 Å². The molecule has 0 saturated heterocycles. The van der Waals surface area contributed by atoms with E-state index in [0.717, 1.165) is 17.7 Å². The molecule has 0 spiro atoms. The SMILES string of the molecule is CCC(C)Oc1cncc(C#CCCO)c1. The van der Waals surface area contributed by atoms with E-state index < -0.39 is 0 Å². The molecule has 0 saturated carbocycles. The highest BCUT2D eigenvalue weighted by Gasteiger charge is 2.01. The monoisotopic (exact) mass is 219 g/mol. The molecule has 0 radical (unpaired) electrons. The molecule has 1 aromatic rings. The van der Waals surface area contributed by atoms with Crippen molar-refractivity contribution in [3.8, 4) is 17.6 Å². The molecule has 3 heteroatoms. The lowest BCUT2D eigenvalue weighted by Crippen LogP contribution is -2.09. The molecule has 3 nitrogen and oxygen atoms in total. The van der Waals surface area contributed by atoms with Crippen molar-refractivity contribution in [2.75, 3.05) is 6.61 Å². The fourth-order valence-electron chi connectivity index (χ4n) is 1.09. The van der Waals surface area contributed by atoms with Gasteiger partial charge in [0.25, 0.3) is 0 Å². The Hall–Kier alpha value is -1.53. The second-order valence-corrected chi connectivity index (χ2v) is 3.52. The van der Waals surface area contributed by atoms with Gasteiger partial charge in [-0.3, -0.25) is 4.98 Å². The number of aromatic nitrogens is 1. The third kappa shape index (κ3) is 4.33. The minimum absolute atomic E-state index is 0.0868. The van der Waals surface area contributed by atoms with Gasteiger partial charge >= 0.3 is 0 Å². The Morgan fingerprint density at radius 1 is 1.50 bits per heavy atom. The average Bonchev–Trinajstić information content (AvgIpc) is 2.30. The predicted molar refractivity (Wildman–Crippen MR) is 63.2 cm³/mol. The van der Waals surface area contributed by atoms with E-state index in [1.807, 2.05) is 13.0 Å². The van der Waals surface area contributed by atoms with Crippen molar-refractivity contribution < 1.29 is 9.84 Å². The van der Waals surface area contributed by atoms with Gasteiger partial charge in [-0.25, -0.2) is 0 Å². The van der Waals surface area contributed by atoms with Gasteiger partial charge in [0.05, 0.1) is 18.9 Å². The maximum Gasteiger partial charge on any atom is 0.139 e. The summed E-state index contributed by atoms with van der Waals surface area (Å²) in [5.41, 5.74) is 0.814. The average molecular weight is 219 g/mol. The van der Waals surface area contributed by atoms with Crippen LogP contribution in [0.4, 0.5) is 0 Å². The number of pyridine rings is 1. The summed E-state index contributed by atoms with van der Waals surface area (Å²) in [6, 6.07) is 1.86. The van der Waals surface area contributed by atoms with E-state index in [-0.39, 0.29) is 12.7 Å². The van der Waals surface area contributed by atoms with Gasteiger partial charge < -0.3 is 9.84 Å². The molecule has 1 heterocycles. The second kappa shape index (κ2) is 6.86. The summed E-state index contributed by atoms with van der Waals surface area (Å²) in [4.78, 5) is 4.06. The number of hydrogen-bond donors (Lipinski definition) is 1. The number of nitrogens with zero attached hydrogens (tertiary/aromatic N) is 1. The van der Waals surface area contributed by atoms with Crippen molar-refractivity contribution >= 4 is 0 Å². The molecule has 86 valence electrons. The van der Waals surface area contributed by atoms with Crippen molar-refractivity contribution in [1.29, 1.82) is 0 Å². The van der Waals surface area contributed by atoms with Crippen LogP contribution in [-0.2, 0) is 0 Å². The van der Waals surface area contributed by atoms with Crippen molar-refractivity contribution in [1.82, 2.24) is 4.98 Å². The van der Waals surface area contributed by atoms with Crippen LogP contribution in [0.5, 0.6) is 5.75 Å². The van der Waals surface area contributed by atoms with E-state index in [1.54, 1.807) is 12.4 Å². The minimum atomic E-state index is 0.0868. The fourth-order valence-corrected chi connectivity index (χ4v) is 1.09. The van der Waals surface area contributed by atoms with Crippen LogP contribution < -0.4 is 4.74 Å². The molecule has 0 aliphatic carbocycles. The summed E-state index contributed by atoms with van der Waals surface area (Å²) >= 11 is 0. The summed E-state index contributed by atoms with van der Waals surface area (Å²) in [5.74, 6) is 6.52. The highest BCUT2D eigenvalue weighted by atomic mass is 16.5. The Labute approximate surface area is 96.5 Å². The zero-order valence-electron chi connectivity index (χ0n) is 9.73. The molecule has 1 rings (SSSR count). The minimum Gasteiger partial charge on any atom is -0.489 e. The zero-order chi connectivity index (χ0) is 11.8. The number of ether oxygens (including phenoxy) is 1. The van der Waals surface area contributed by atoms with Crippen LogP contribution in [0, 0.1) is 11.8 Å². The second-order valence-electron chi connectivity index (χ2n) is 3.52. The maximum absolute atomic E-state index is 8.61. The van der Waals surface area contributed by atoms with Crippen LogP contribution in [0.3, 0.4) is 0 Å². The van der Waals surface area contributed by atoms with Gasteiger partial charge in [0.2, 0.25) is 0 Å². The van der Waals surface area contributed by atoms with Crippen molar-refractivity contribution in [3.05, 3.63) is 24.0 Å². The molecule has 0 aliphatic heterocycles. The van der Waals surface area contributed by atoms with E-state index in [2.05, 4.69) is 23.7 Å². The summed E-state index contributed by atoms with van der Waals surface area (Å²) in [6.07, 6.45) is 5.00. The molecule has 1 N–H and O–H groups in total. The van der Waals surface area contributed by atoms with E-state index in [1.165, 1.54) is 0 Å². The van der Waals surface area contributed by atoms with Crippen molar-refractivity contribution in [2.24, 2.45) is 0 Å². The molecule has 16 heavy (non-hydrogen) atoms. The lowest BCUT2D eigenvalue weighted by atomic mass is 10.2. The molecule has 0 bridgehead atoms. The van der Waals surface area contributed by atoms with Crippen LogP contribution in [0.15, 0.2) is 18.5 Å². The third-order valence-corrected chi connectivity index (χ3v) is 2.09. The Balaban J connectivity index is 2.68. The largest absolute Gasteiger partial charge is 0.489 e. The first kappa shape index (κ1) is 12.5. The molecule has 1 unspecified atom stereocenters. The van der Waals surface area contributed by atoms with Gasteiger partial charge in [0.15, 0.2) is 0 Å². The summed E-state index contributed by atoms with van der Waals surface area (Å²) in [7, 11) is 0. The first-order chi connectivity index (χ1) is 7.76.